The molecular formula is C35H34O16. The van der Waals surface area contributed by atoms with Crippen LogP contribution < -0.4 is 14.9 Å². The van der Waals surface area contributed by atoms with Crippen LogP contribution in [0.3, 0.4) is 0 Å². The minimum atomic E-state index is -1.68. The highest BCUT2D eigenvalue weighted by Crippen LogP contribution is 2.39. The molecule has 0 aliphatic carbocycles. The molecule has 2 fully saturated rings. The van der Waals surface area contributed by atoms with Crippen molar-refractivity contribution in [2.75, 3.05) is 6.61 Å². The molecule has 2 saturated heterocycles. The summed E-state index contributed by atoms with van der Waals surface area (Å²) < 4.78 is 34.2. The molecule has 51 heavy (non-hydrogen) atoms. The van der Waals surface area contributed by atoms with Gasteiger partial charge in [-0.3, -0.25) is 4.79 Å². The number of carbonyl (C=O) groups excluding carboxylic acids is 1. The Hall–Kier alpha value is -5.20. The van der Waals surface area contributed by atoms with Gasteiger partial charge in [0.25, 0.3) is 0 Å². The molecule has 3 heterocycles. The number of esters is 1. The Balaban J connectivity index is 1.35. The van der Waals surface area contributed by atoms with Gasteiger partial charge in [-0.15, -0.1) is 0 Å². The quantitative estimate of drug-likeness (QED) is 0.0886. The zero-order valence-electron chi connectivity index (χ0n) is 26.7. The lowest BCUT2D eigenvalue weighted by molar-refractivity contribution is -0.268. The van der Waals surface area contributed by atoms with Crippen LogP contribution in [0.2, 0.25) is 0 Å². The number of benzene rings is 3. The number of fused-ring (bicyclic) bond motifs is 1. The number of aromatic hydroxyl groups is 3. The smallest absolute Gasteiger partial charge is 0.331 e. The molecule has 16 heteroatoms. The molecule has 0 amide bonds. The molecule has 1 aromatic heterocycles. The highest BCUT2D eigenvalue weighted by Gasteiger charge is 2.48. The molecule has 2 aliphatic heterocycles. The molecular weight excluding hydrogens is 676 g/mol. The van der Waals surface area contributed by atoms with Crippen LogP contribution in [0.25, 0.3) is 28.4 Å². The molecule has 4 aromatic rings. The van der Waals surface area contributed by atoms with Crippen molar-refractivity contribution in [3.05, 3.63) is 82.5 Å². The molecule has 270 valence electrons. The zero-order valence-corrected chi connectivity index (χ0v) is 26.7. The fourth-order valence-electron chi connectivity index (χ4n) is 5.59. The van der Waals surface area contributed by atoms with Crippen molar-refractivity contribution >= 4 is 23.0 Å². The third kappa shape index (κ3) is 7.33. The summed E-state index contributed by atoms with van der Waals surface area (Å²) in [6.07, 6.45) is -10.8. The average Bonchev–Trinajstić information content (AvgIpc) is 3.40. The van der Waals surface area contributed by atoms with Crippen LogP contribution in [-0.4, -0.2) is 109 Å². The second kappa shape index (κ2) is 14.6. The standard InChI is InChI=1S/C35H34O16/c1-15-26(41)29(44)30(45)34(46-15)47-20-12-21(39)25-22(13-20)48-31(17-5-9-19(38)10-6-17)32(28(25)43)51-35-33(27(42)23(14-36)49-35)50-24(40)11-4-16-2-7-18(37)8-3-16/h2-13,15,23,26-27,29-30,33-39,41-42,44-45H,14H2,1H3/t15-,23-,26-,27-,29+,30+,33+,34-,35-/m0/s1. The molecule has 8 N–H and O–H groups in total. The van der Waals surface area contributed by atoms with Gasteiger partial charge in [0, 0.05) is 23.8 Å². The van der Waals surface area contributed by atoms with Crippen LogP contribution in [0.4, 0.5) is 0 Å². The van der Waals surface area contributed by atoms with Crippen molar-refractivity contribution in [3.8, 4) is 40.1 Å². The van der Waals surface area contributed by atoms with E-state index in [-0.39, 0.29) is 34.2 Å². The molecule has 0 unspecified atom stereocenters. The Kier molecular flexibility index (Phi) is 10.2. The van der Waals surface area contributed by atoms with Crippen LogP contribution in [0.5, 0.6) is 28.7 Å². The zero-order chi connectivity index (χ0) is 36.6. The summed E-state index contributed by atoms with van der Waals surface area (Å²) >= 11 is 0. The monoisotopic (exact) mass is 710 g/mol. The Morgan fingerprint density at radius 3 is 2.16 bits per heavy atom. The summed E-state index contributed by atoms with van der Waals surface area (Å²) in [7, 11) is 0. The van der Waals surface area contributed by atoms with E-state index >= 15 is 0 Å². The predicted octanol–water partition coefficient (Wildman–Crippen LogP) is 0.865. The summed E-state index contributed by atoms with van der Waals surface area (Å²) in [4.78, 5) is 26.8. The Labute approximate surface area is 288 Å². The molecule has 3 aromatic carbocycles. The van der Waals surface area contributed by atoms with Gasteiger partial charge < -0.3 is 69.0 Å². The molecule has 0 saturated carbocycles. The van der Waals surface area contributed by atoms with Crippen LogP contribution in [0.15, 0.2) is 76.0 Å². The van der Waals surface area contributed by atoms with Gasteiger partial charge in [-0.05, 0) is 55.0 Å². The normalized spacial score (nSPS) is 27.8. The summed E-state index contributed by atoms with van der Waals surface area (Å²) in [6, 6.07) is 13.5. The topological polar surface area (TPSA) is 255 Å². The van der Waals surface area contributed by atoms with Gasteiger partial charge >= 0.3 is 5.97 Å². The van der Waals surface area contributed by atoms with Crippen molar-refractivity contribution in [3.63, 3.8) is 0 Å². The molecule has 0 radical (unpaired) electrons. The van der Waals surface area contributed by atoms with Crippen molar-refractivity contribution in [1.29, 1.82) is 0 Å². The fourth-order valence-corrected chi connectivity index (χ4v) is 5.59. The summed E-state index contributed by atoms with van der Waals surface area (Å²) in [5, 5.41) is 81.2. The minimum absolute atomic E-state index is 0.0220. The minimum Gasteiger partial charge on any atom is -0.508 e. The average molecular weight is 711 g/mol. The Morgan fingerprint density at radius 2 is 1.49 bits per heavy atom. The van der Waals surface area contributed by atoms with Gasteiger partial charge in [0.1, 0.15) is 64.5 Å². The number of ether oxygens (including phenoxy) is 5. The van der Waals surface area contributed by atoms with Crippen LogP contribution in [0.1, 0.15) is 12.5 Å². The number of phenols is 3. The van der Waals surface area contributed by atoms with Gasteiger partial charge in [0.2, 0.25) is 23.8 Å². The third-order valence-electron chi connectivity index (χ3n) is 8.36. The number of rotatable bonds is 9. The molecule has 9 atom stereocenters. The lowest BCUT2D eigenvalue weighted by Crippen LogP contribution is -2.58. The first-order valence-electron chi connectivity index (χ1n) is 15.6. The Bertz CT molecular complexity index is 1960. The second-order valence-electron chi connectivity index (χ2n) is 11.9. The summed E-state index contributed by atoms with van der Waals surface area (Å²) in [6.45, 7) is 0.738. The summed E-state index contributed by atoms with van der Waals surface area (Å²) in [5.74, 6) is -2.69. The first kappa shape index (κ1) is 35.6. The maximum absolute atomic E-state index is 14.1. The van der Waals surface area contributed by atoms with Crippen molar-refractivity contribution in [2.45, 2.75) is 62.2 Å². The summed E-state index contributed by atoms with van der Waals surface area (Å²) in [5.41, 5.74) is -0.463. The Morgan fingerprint density at radius 1 is 0.824 bits per heavy atom. The number of carbonyl (C=O) groups is 1. The van der Waals surface area contributed by atoms with Crippen LogP contribution in [-0.2, 0) is 19.0 Å². The van der Waals surface area contributed by atoms with Crippen LogP contribution in [0, 0.1) is 0 Å². The van der Waals surface area contributed by atoms with Gasteiger partial charge in [0.15, 0.2) is 11.9 Å². The number of hydrogen-bond donors (Lipinski definition) is 8. The number of hydrogen-bond acceptors (Lipinski definition) is 16. The molecule has 16 nitrogen and oxygen atoms in total. The van der Waals surface area contributed by atoms with Crippen molar-refractivity contribution in [2.24, 2.45) is 0 Å². The largest absolute Gasteiger partial charge is 0.508 e. The van der Waals surface area contributed by atoms with Crippen molar-refractivity contribution < 1.29 is 73.7 Å². The number of aliphatic hydroxyl groups excluding tert-OH is 5. The highest BCUT2D eigenvalue weighted by atomic mass is 16.7. The first-order chi connectivity index (χ1) is 24.3. The van der Waals surface area contributed by atoms with Gasteiger partial charge in [-0.1, -0.05) is 12.1 Å². The van der Waals surface area contributed by atoms with E-state index in [1.165, 1.54) is 67.6 Å². The van der Waals surface area contributed by atoms with Gasteiger partial charge in [0.05, 0.1) is 12.7 Å². The van der Waals surface area contributed by atoms with Gasteiger partial charge in [-0.25, -0.2) is 4.79 Å². The molecule has 6 rings (SSSR count). The SMILES string of the molecule is C[C@@H]1O[C@@H](Oc2cc(O)c3c(=O)c(O[C@@H]4O[C@@H](CO)[C@H](O)[C@H]4OC(=O)C=Cc4ccc(O)cc4)c(-c4ccc(O)cc4)oc3c2)[C@H](O)[C@H](O)[C@H]1O. The lowest BCUT2D eigenvalue weighted by atomic mass is 10.00. The number of phenolic OH excluding ortho intramolecular Hbond substituents is 3. The van der Waals surface area contributed by atoms with E-state index < -0.39 is 90.2 Å². The first-order valence-corrected chi connectivity index (χ1v) is 15.6. The molecule has 2 aliphatic rings. The second-order valence-corrected chi connectivity index (χ2v) is 11.9. The maximum Gasteiger partial charge on any atom is 0.331 e. The van der Waals surface area contributed by atoms with E-state index in [1.54, 1.807) is 0 Å². The van der Waals surface area contributed by atoms with E-state index in [0.717, 1.165) is 12.1 Å². The third-order valence-corrected chi connectivity index (χ3v) is 8.36. The fraction of sp³-hybridized carbons (Fsp3) is 0.314. The van der Waals surface area contributed by atoms with E-state index in [2.05, 4.69) is 0 Å². The maximum atomic E-state index is 14.1. The van der Waals surface area contributed by atoms with Crippen molar-refractivity contribution in [1.82, 2.24) is 0 Å². The van der Waals surface area contributed by atoms with Crippen LogP contribution >= 0.6 is 0 Å². The highest BCUT2D eigenvalue weighted by molar-refractivity contribution is 5.89. The molecule has 0 bridgehead atoms. The van der Waals surface area contributed by atoms with E-state index in [9.17, 15) is 50.4 Å². The van der Waals surface area contributed by atoms with Gasteiger partial charge in [-0.2, -0.15) is 0 Å². The number of aliphatic hydroxyl groups is 5. The van der Waals surface area contributed by atoms with E-state index in [1.807, 2.05) is 0 Å². The van der Waals surface area contributed by atoms with E-state index in [0.29, 0.717) is 5.56 Å². The lowest BCUT2D eigenvalue weighted by Gasteiger charge is -2.38. The predicted molar refractivity (Wildman–Crippen MR) is 174 cm³/mol. The van der Waals surface area contributed by atoms with E-state index in [4.69, 9.17) is 28.1 Å². The molecule has 0 spiro atoms.